The van der Waals surface area contributed by atoms with Crippen LogP contribution < -0.4 is 4.39 Å². The van der Waals surface area contributed by atoms with Gasteiger partial charge in [0, 0.05) is 0 Å². The number of hydrogen-bond acceptors (Lipinski definition) is 4. The van der Waals surface area contributed by atoms with Gasteiger partial charge in [0.2, 0.25) is 20.0 Å². The largest absolute Gasteiger partial charge is 0.236 e. The average molecular weight is 479 g/mol. The quantitative estimate of drug-likeness (QED) is 0.606. The Morgan fingerprint density at radius 2 is 1.28 bits per heavy atom. The summed E-state index contributed by atoms with van der Waals surface area (Å²) in [6.07, 6.45) is 0. The first-order valence-corrected chi connectivity index (χ1v) is 18.6. The number of hydrogen-bond donors (Lipinski definition) is 1. The van der Waals surface area contributed by atoms with Crippen molar-refractivity contribution in [2.24, 2.45) is 0 Å². The van der Waals surface area contributed by atoms with E-state index in [1.165, 1.54) is 28.2 Å². The molecule has 0 bridgehead atoms. The minimum atomic E-state index is -3.83. The third-order valence-corrected chi connectivity index (χ3v) is 23.3. The number of nitrogens with zero attached hydrogens (tertiary/aromatic N) is 1. The van der Waals surface area contributed by atoms with Crippen LogP contribution in [-0.4, -0.2) is 44.3 Å². The molecule has 29 heavy (non-hydrogen) atoms. The van der Waals surface area contributed by atoms with E-state index in [9.17, 15) is 16.8 Å². The molecule has 0 aromatic heterocycles. The Labute approximate surface area is 180 Å². The van der Waals surface area contributed by atoms with Gasteiger partial charge in [-0.1, -0.05) is 73.8 Å². The van der Waals surface area contributed by atoms with E-state index in [1.54, 1.807) is 7.05 Å². The molecule has 0 fully saturated rings. The molecule has 0 heterocycles. The maximum atomic E-state index is 13.3. The van der Waals surface area contributed by atoms with Crippen LogP contribution in [0.3, 0.4) is 0 Å². The number of nitrogens with one attached hydrogen (secondary N) is 1. The molecule has 6 nitrogen and oxygen atoms in total. The van der Waals surface area contributed by atoms with Crippen molar-refractivity contribution in [2.45, 2.75) is 87.6 Å². The van der Waals surface area contributed by atoms with Crippen LogP contribution in [0.15, 0.2) is 34.1 Å². The minimum absolute atomic E-state index is 0.00271. The standard InChI is InChI=1S/C19H38N2O4S2Si2/c1-18(2,3)28(8,9)20-26(22,23)16-13-12-14-17(15-16)27(24,25)21(7)29(10,11)19(4,5)6/h12-15,20H,1-11H3. The van der Waals surface area contributed by atoms with E-state index in [2.05, 4.69) is 4.39 Å². The fraction of sp³-hybridized carbons (Fsp3) is 0.684. The first-order chi connectivity index (χ1) is 12.6. The van der Waals surface area contributed by atoms with Gasteiger partial charge in [-0.25, -0.2) is 25.2 Å². The highest BCUT2D eigenvalue weighted by Crippen LogP contribution is 2.40. The monoisotopic (exact) mass is 478 g/mol. The molecular weight excluding hydrogens is 441 g/mol. The number of sulfonamides is 2. The Hall–Kier alpha value is -0.526. The zero-order valence-electron chi connectivity index (χ0n) is 19.7. The predicted molar refractivity (Wildman–Crippen MR) is 126 cm³/mol. The molecule has 0 amide bonds. The smallest absolute Gasteiger partial charge is 0.233 e. The van der Waals surface area contributed by atoms with E-state index >= 15 is 0 Å². The van der Waals surface area contributed by atoms with Gasteiger partial charge in [0.05, 0.1) is 9.79 Å². The van der Waals surface area contributed by atoms with Crippen molar-refractivity contribution in [3.63, 3.8) is 0 Å². The molecule has 10 heteroatoms. The van der Waals surface area contributed by atoms with Gasteiger partial charge in [-0.3, -0.25) is 0 Å². The first-order valence-electron chi connectivity index (χ1n) is 9.70. The van der Waals surface area contributed by atoms with E-state index < -0.39 is 36.5 Å². The summed E-state index contributed by atoms with van der Waals surface area (Å²) < 4.78 is 57.0. The maximum Gasteiger partial charge on any atom is 0.236 e. The fourth-order valence-electron chi connectivity index (χ4n) is 2.28. The first kappa shape index (κ1) is 26.5. The lowest BCUT2D eigenvalue weighted by Crippen LogP contribution is -2.55. The SMILES string of the molecule is CN([Si](C)(C)C(C)(C)C)S(=O)(=O)c1cccc(S(=O)(=O)N[Si](C)(C)C(C)(C)C)c1. The molecule has 168 valence electrons. The van der Waals surface area contributed by atoms with Crippen LogP contribution >= 0.6 is 0 Å². The van der Waals surface area contributed by atoms with Crippen LogP contribution in [0.25, 0.3) is 0 Å². The van der Waals surface area contributed by atoms with Crippen molar-refractivity contribution in [3.05, 3.63) is 24.3 Å². The summed E-state index contributed by atoms with van der Waals surface area (Å²) >= 11 is 0. The highest BCUT2D eigenvalue weighted by atomic mass is 32.2. The molecular formula is C19H38N2O4S2Si2. The average Bonchev–Trinajstić information content (AvgIpc) is 2.51. The Bertz CT molecular complexity index is 959. The van der Waals surface area contributed by atoms with Gasteiger partial charge in [-0.05, 0) is 35.3 Å². The summed E-state index contributed by atoms with van der Waals surface area (Å²) in [6, 6.07) is 5.67. The molecule has 0 saturated carbocycles. The summed E-state index contributed by atoms with van der Waals surface area (Å²) in [6.45, 7) is 20.1. The molecule has 1 aromatic carbocycles. The highest BCUT2D eigenvalue weighted by molar-refractivity contribution is 7.91. The van der Waals surface area contributed by atoms with Gasteiger partial charge in [0.25, 0.3) is 0 Å². The van der Waals surface area contributed by atoms with E-state index in [0.717, 1.165) is 0 Å². The molecule has 1 aromatic rings. The molecule has 0 aliphatic rings. The second kappa shape index (κ2) is 7.87. The van der Waals surface area contributed by atoms with Crippen LogP contribution in [0.4, 0.5) is 0 Å². The third kappa shape index (κ3) is 5.40. The fourth-order valence-corrected chi connectivity index (χ4v) is 12.6. The Morgan fingerprint density at radius 3 is 1.69 bits per heavy atom. The molecule has 0 unspecified atom stereocenters. The van der Waals surface area contributed by atoms with Gasteiger partial charge in [-0.15, -0.1) is 0 Å². The van der Waals surface area contributed by atoms with Crippen molar-refractivity contribution >= 4 is 36.5 Å². The van der Waals surface area contributed by atoms with Crippen molar-refractivity contribution in [3.8, 4) is 0 Å². The van der Waals surface area contributed by atoms with Gasteiger partial charge >= 0.3 is 0 Å². The Kier molecular flexibility index (Phi) is 7.19. The van der Waals surface area contributed by atoms with E-state index in [4.69, 9.17) is 0 Å². The lowest BCUT2D eigenvalue weighted by molar-refractivity contribution is 0.537. The Morgan fingerprint density at radius 1 is 0.828 bits per heavy atom. The topological polar surface area (TPSA) is 83.6 Å². The maximum absolute atomic E-state index is 13.3. The van der Waals surface area contributed by atoms with Gasteiger partial charge in [0.1, 0.15) is 16.5 Å². The van der Waals surface area contributed by atoms with Crippen LogP contribution in [0.2, 0.25) is 36.3 Å². The zero-order valence-corrected chi connectivity index (χ0v) is 23.3. The summed E-state index contributed by atoms with van der Waals surface area (Å²) in [5.41, 5.74) is 0. The lowest BCUT2D eigenvalue weighted by Gasteiger charge is -2.42. The highest BCUT2D eigenvalue weighted by Gasteiger charge is 2.45. The van der Waals surface area contributed by atoms with Gasteiger partial charge in [-0.2, -0.15) is 0 Å². The normalized spacial score (nSPS) is 15.0. The van der Waals surface area contributed by atoms with Crippen LogP contribution in [-0.2, 0) is 20.0 Å². The molecule has 0 radical (unpaired) electrons. The third-order valence-electron chi connectivity index (χ3n) is 6.66. The Balaban J connectivity index is 3.44. The molecule has 0 aliphatic heterocycles. The van der Waals surface area contributed by atoms with Crippen LogP contribution in [0.5, 0.6) is 0 Å². The molecule has 1 rings (SSSR count). The minimum Gasteiger partial charge on any atom is -0.233 e. The van der Waals surface area contributed by atoms with E-state index in [0.29, 0.717) is 0 Å². The van der Waals surface area contributed by atoms with Gasteiger partial charge < -0.3 is 0 Å². The molecule has 0 atom stereocenters. The van der Waals surface area contributed by atoms with E-state index in [-0.39, 0.29) is 19.9 Å². The van der Waals surface area contributed by atoms with Crippen molar-refractivity contribution < 1.29 is 16.8 Å². The summed E-state index contributed by atoms with van der Waals surface area (Å²) in [5, 5.41) is -0.366. The second-order valence-electron chi connectivity index (χ2n) is 10.7. The second-order valence-corrected chi connectivity index (χ2v) is 25.4. The molecule has 0 spiro atoms. The summed E-state index contributed by atoms with van der Waals surface area (Å²) in [7, 11) is -10.8. The molecule has 1 N–H and O–H groups in total. The molecule has 0 saturated heterocycles. The summed E-state index contributed by atoms with van der Waals surface area (Å²) in [5.74, 6) is 0. The van der Waals surface area contributed by atoms with Crippen LogP contribution in [0.1, 0.15) is 41.5 Å². The van der Waals surface area contributed by atoms with Crippen molar-refractivity contribution in [1.29, 1.82) is 0 Å². The molecule has 0 aliphatic carbocycles. The lowest BCUT2D eigenvalue weighted by atomic mass is 10.2. The number of benzene rings is 1. The summed E-state index contributed by atoms with van der Waals surface area (Å²) in [4.78, 5) is -0.0186. The van der Waals surface area contributed by atoms with Gasteiger partial charge in [0.15, 0.2) is 0 Å². The predicted octanol–water partition coefficient (Wildman–Crippen LogP) is 4.60. The van der Waals surface area contributed by atoms with Crippen molar-refractivity contribution in [2.75, 3.05) is 7.05 Å². The number of rotatable bonds is 6. The van der Waals surface area contributed by atoms with Crippen molar-refractivity contribution in [1.82, 2.24) is 8.36 Å². The van der Waals surface area contributed by atoms with Crippen LogP contribution in [0, 0.1) is 0 Å². The zero-order chi connectivity index (χ0) is 23.3. The van der Waals surface area contributed by atoms with E-state index in [1.807, 2.05) is 67.7 Å².